The normalized spacial score (nSPS) is 24.3. The van der Waals surface area contributed by atoms with Crippen LogP contribution in [0.5, 0.6) is 0 Å². The third-order valence-corrected chi connectivity index (χ3v) is 5.98. The summed E-state index contributed by atoms with van der Waals surface area (Å²) in [7, 11) is -2.91. The van der Waals surface area contributed by atoms with Crippen molar-refractivity contribution in [3.8, 4) is 0 Å². The fourth-order valence-corrected chi connectivity index (χ4v) is 4.55. The fourth-order valence-electron chi connectivity index (χ4n) is 2.88. The molecule has 2 fully saturated rings. The molecule has 0 aromatic carbocycles. The van der Waals surface area contributed by atoms with E-state index in [1.807, 2.05) is 0 Å². The molecule has 2 aliphatic rings. The average Bonchev–Trinajstić information content (AvgIpc) is 2.89. The first-order valence-corrected chi connectivity index (χ1v) is 9.66. The number of pyridine rings is 1. The van der Waals surface area contributed by atoms with Gasteiger partial charge in [-0.1, -0.05) is 0 Å². The predicted octanol–water partition coefficient (Wildman–Crippen LogP) is 1.05. The molecule has 126 valence electrons. The van der Waals surface area contributed by atoms with Crippen LogP contribution in [0.4, 0.5) is 11.5 Å². The van der Waals surface area contributed by atoms with E-state index in [1.165, 1.54) is 0 Å². The maximum absolute atomic E-state index is 12.1. The van der Waals surface area contributed by atoms with Gasteiger partial charge in [0, 0.05) is 25.2 Å². The largest absolute Gasteiger partial charge is 0.381 e. The summed E-state index contributed by atoms with van der Waals surface area (Å²) in [5.41, 5.74) is 0.645. The molecule has 2 aliphatic heterocycles. The molecule has 0 saturated carbocycles. The quantitative estimate of drug-likeness (QED) is 0.851. The van der Waals surface area contributed by atoms with Crippen LogP contribution in [0, 0.1) is 5.92 Å². The Hall–Kier alpha value is -1.67. The zero-order valence-electron chi connectivity index (χ0n) is 12.8. The van der Waals surface area contributed by atoms with Crippen LogP contribution in [-0.2, 0) is 19.4 Å². The average molecular weight is 339 g/mol. The molecule has 0 bridgehead atoms. The van der Waals surface area contributed by atoms with Crippen molar-refractivity contribution in [3.63, 3.8) is 0 Å². The highest BCUT2D eigenvalue weighted by atomic mass is 32.2. The van der Waals surface area contributed by atoms with Gasteiger partial charge in [0.25, 0.3) is 0 Å². The standard InChI is InChI=1S/C15H21N3O4S/c19-15(11-3-6-22-7-4-11)18-12-1-2-14(16-9-12)17-13-5-8-23(20,21)10-13/h1-2,9,11,13H,3-8,10H2,(H,16,17)(H,18,19). The summed E-state index contributed by atoms with van der Waals surface area (Å²) in [6.45, 7) is 1.26. The second-order valence-corrected chi connectivity index (χ2v) is 8.28. The molecule has 0 spiro atoms. The summed E-state index contributed by atoms with van der Waals surface area (Å²) in [5.74, 6) is 0.986. The number of anilines is 2. The third kappa shape index (κ3) is 4.42. The molecule has 23 heavy (non-hydrogen) atoms. The lowest BCUT2D eigenvalue weighted by molar-refractivity contribution is -0.122. The number of amides is 1. The lowest BCUT2D eigenvalue weighted by atomic mass is 9.99. The minimum absolute atomic E-state index is 0.00213. The maximum atomic E-state index is 12.1. The van der Waals surface area contributed by atoms with Crippen molar-refractivity contribution in [2.45, 2.75) is 25.3 Å². The van der Waals surface area contributed by atoms with E-state index in [9.17, 15) is 13.2 Å². The molecular formula is C15H21N3O4S. The number of aromatic nitrogens is 1. The summed E-state index contributed by atoms with van der Waals surface area (Å²) < 4.78 is 28.1. The second kappa shape index (κ2) is 6.84. The van der Waals surface area contributed by atoms with Crippen LogP contribution < -0.4 is 10.6 Å². The number of carbonyl (C=O) groups is 1. The molecule has 3 rings (SSSR count). The smallest absolute Gasteiger partial charge is 0.227 e. The summed E-state index contributed by atoms with van der Waals surface area (Å²) in [5, 5.41) is 5.99. The van der Waals surface area contributed by atoms with Gasteiger partial charge in [-0.3, -0.25) is 4.79 Å². The van der Waals surface area contributed by atoms with Crippen LogP contribution in [0.15, 0.2) is 18.3 Å². The Morgan fingerprint density at radius 1 is 1.22 bits per heavy atom. The molecule has 1 aromatic heterocycles. The van der Waals surface area contributed by atoms with Gasteiger partial charge in [-0.15, -0.1) is 0 Å². The van der Waals surface area contributed by atoms with E-state index in [0.717, 1.165) is 12.8 Å². The molecule has 1 amide bonds. The summed E-state index contributed by atoms with van der Waals surface area (Å²) >= 11 is 0. The van der Waals surface area contributed by atoms with Crippen molar-refractivity contribution >= 4 is 27.2 Å². The predicted molar refractivity (Wildman–Crippen MR) is 87.1 cm³/mol. The molecule has 0 aliphatic carbocycles. The van der Waals surface area contributed by atoms with Crippen LogP contribution in [0.3, 0.4) is 0 Å². The molecule has 7 nitrogen and oxygen atoms in total. The van der Waals surface area contributed by atoms with Crippen molar-refractivity contribution in [3.05, 3.63) is 18.3 Å². The highest BCUT2D eigenvalue weighted by Gasteiger charge is 2.28. The van der Waals surface area contributed by atoms with Crippen LogP contribution in [0.2, 0.25) is 0 Å². The Bertz CT molecular complexity index is 654. The highest BCUT2D eigenvalue weighted by Crippen LogP contribution is 2.19. The van der Waals surface area contributed by atoms with Gasteiger partial charge in [0.15, 0.2) is 9.84 Å². The minimum Gasteiger partial charge on any atom is -0.381 e. The van der Waals surface area contributed by atoms with Crippen molar-refractivity contribution in [2.75, 3.05) is 35.4 Å². The lowest BCUT2D eigenvalue weighted by Crippen LogP contribution is -2.28. The van der Waals surface area contributed by atoms with Crippen molar-refractivity contribution < 1.29 is 17.9 Å². The Kier molecular flexibility index (Phi) is 4.82. The number of rotatable bonds is 4. The van der Waals surface area contributed by atoms with Gasteiger partial charge in [0.1, 0.15) is 5.82 Å². The van der Waals surface area contributed by atoms with Gasteiger partial charge in [0.05, 0.1) is 23.4 Å². The first-order valence-electron chi connectivity index (χ1n) is 7.83. The summed E-state index contributed by atoms with van der Waals surface area (Å²) in [6, 6.07) is 3.44. The van der Waals surface area contributed by atoms with Crippen LogP contribution in [0.25, 0.3) is 0 Å². The van der Waals surface area contributed by atoms with Crippen molar-refractivity contribution in [1.29, 1.82) is 0 Å². The lowest BCUT2D eigenvalue weighted by Gasteiger charge is -2.21. The molecule has 2 saturated heterocycles. The monoisotopic (exact) mass is 339 g/mol. The first-order chi connectivity index (χ1) is 11.0. The van der Waals surface area contributed by atoms with Gasteiger partial charge in [-0.05, 0) is 31.4 Å². The Labute approximate surface area is 135 Å². The summed E-state index contributed by atoms with van der Waals surface area (Å²) in [4.78, 5) is 16.4. The van der Waals surface area contributed by atoms with E-state index in [0.29, 0.717) is 31.1 Å². The number of hydrogen-bond acceptors (Lipinski definition) is 6. The molecule has 2 N–H and O–H groups in total. The number of nitrogens with zero attached hydrogens (tertiary/aromatic N) is 1. The molecule has 3 heterocycles. The molecular weight excluding hydrogens is 318 g/mol. The number of nitrogens with one attached hydrogen (secondary N) is 2. The summed E-state index contributed by atoms with van der Waals surface area (Å²) in [6.07, 6.45) is 3.68. The van der Waals surface area contributed by atoms with E-state index in [1.54, 1.807) is 18.3 Å². The van der Waals surface area contributed by atoms with E-state index >= 15 is 0 Å². The fraction of sp³-hybridized carbons (Fsp3) is 0.600. The Morgan fingerprint density at radius 3 is 2.61 bits per heavy atom. The van der Waals surface area contributed by atoms with E-state index in [4.69, 9.17) is 4.74 Å². The zero-order chi connectivity index (χ0) is 16.3. The van der Waals surface area contributed by atoms with E-state index in [2.05, 4.69) is 15.6 Å². The number of sulfone groups is 1. The van der Waals surface area contributed by atoms with Gasteiger partial charge < -0.3 is 15.4 Å². The number of ether oxygens (including phenoxy) is 1. The van der Waals surface area contributed by atoms with Crippen molar-refractivity contribution in [2.24, 2.45) is 5.92 Å². The number of hydrogen-bond donors (Lipinski definition) is 2. The molecule has 1 atom stereocenters. The third-order valence-electron chi connectivity index (χ3n) is 4.21. The second-order valence-electron chi connectivity index (χ2n) is 6.05. The van der Waals surface area contributed by atoms with Crippen LogP contribution >= 0.6 is 0 Å². The van der Waals surface area contributed by atoms with E-state index < -0.39 is 9.84 Å². The molecule has 8 heteroatoms. The molecule has 1 unspecified atom stereocenters. The Balaban J connectivity index is 1.53. The SMILES string of the molecule is O=C(Nc1ccc(NC2CCS(=O)(=O)C2)nc1)C1CCOCC1. The van der Waals surface area contributed by atoms with E-state index in [-0.39, 0.29) is 29.4 Å². The molecule has 0 radical (unpaired) electrons. The minimum atomic E-state index is -2.91. The van der Waals surface area contributed by atoms with Gasteiger partial charge in [0.2, 0.25) is 5.91 Å². The van der Waals surface area contributed by atoms with Gasteiger partial charge >= 0.3 is 0 Å². The van der Waals surface area contributed by atoms with Crippen LogP contribution in [-0.4, -0.2) is 50.1 Å². The van der Waals surface area contributed by atoms with Gasteiger partial charge in [-0.25, -0.2) is 13.4 Å². The Morgan fingerprint density at radius 2 is 2.00 bits per heavy atom. The van der Waals surface area contributed by atoms with Crippen LogP contribution in [0.1, 0.15) is 19.3 Å². The highest BCUT2D eigenvalue weighted by molar-refractivity contribution is 7.91. The maximum Gasteiger partial charge on any atom is 0.227 e. The van der Waals surface area contributed by atoms with Crippen molar-refractivity contribution in [1.82, 2.24) is 4.98 Å². The first kappa shape index (κ1) is 16.2. The zero-order valence-corrected chi connectivity index (χ0v) is 13.6. The topological polar surface area (TPSA) is 97.4 Å². The van der Waals surface area contributed by atoms with Gasteiger partial charge in [-0.2, -0.15) is 0 Å². The molecule has 1 aromatic rings. The number of carbonyl (C=O) groups excluding carboxylic acids is 1.